The lowest BCUT2D eigenvalue weighted by atomic mass is 10.3. The van der Waals surface area contributed by atoms with Gasteiger partial charge in [0.25, 0.3) is 0 Å². The van der Waals surface area contributed by atoms with E-state index in [9.17, 15) is 4.79 Å². The number of nitrogens with zero attached hydrogens (tertiary/aromatic N) is 1. The van der Waals surface area contributed by atoms with E-state index in [-0.39, 0.29) is 6.03 Å². The fraction of sp³-hybridized carbons (Fsp3) is 0.667. The van der Waals surface area contributed by atoms with Gasteiger partial charge in [-0.1, -0.05) is 0 Å². The summed E-state index contributed by atoms with van der Waals surface area (Å²) in [6.45, 7) is 4.54. The van der Waals surface area contributed by atoms with E-state index in [1.54, 1.807) is 0 Å². The third-order valence-electron chi connectivity index (χ3n) is 1.51. The number of hydrogen-bond donors (Lipinski definition) is 2. The van der Waals surface area contributed by atoms with Gasteiger partial charge in [0.2, 0.25) is 0 Å². The van der Waals surface area contributed by atoms with Crippen molar-refractivity contribution < 1.29 is 4.79 Å². The maximum Gasteiger partial charge on any atom is 0.322 e. The van der Waals surface area contributed by atoms with Crippen LogP contribution in [-0.4, -0.2) is 28.8 Å². The van der Waals surface area contributed by atoms with Crippen LogP contribution < -0.4 is 10.6 Å². The molecule has 1 fully saturated rings. The molecule has 1 aliphatic heterocycles. The van der Waals surface area contributed by atoms with Crippen LogP contribution in [0.25, 0.3) is 0 Å². The minimum absolute atomic E-state index is 0.216. The van der Waals surface area contributed by atoms with Crippen LogP contribution in [0.15, 0.2) is 0 Å². The smallest absolute Gasteiger partial charge is 0.322 e. The molecule has 0 aliphatic carbocycles. The molecular formula is C6H11N3OS. The Balaban J connectivity index is 2.57. The summed E-state index contributed by atoms with van der Waals surface area (Å²) in [4.78, 5) is 12.6. The van der Waals surface area contributed by atoms with Gasteiger partial charge >= 0.3 is 6.03 Å². The number of carbonyl (C=O) groups is 1. The summed E-state index contributed by atoms with van der Waals surface area (Å²) >= 11 is 4.93. The van der Waals surface area contributed by atoms with Crippen LogP contribution in [-0.2, 0) is 0 Å². The molecule has 0 aromatic heterocycles. The quantitative estimate of drug-likeness (QED) is 0.559. The van der Waals surface area contributed by atoms with Crippen molar-refractivity contribution in [2.24, 2.45) is 0 Å². The van der Waals surface area contributed by atoms with Crippen LogP contribution in [0.3, 0.4) is 0 Å². The molecule has 0 radical (unpaired) electrons. The van der Waals surface area contributed by atoms with Crippen LogP contribution >= 0.6 is 12.2 Å². The summed E-state index contributed by atoms with van der Waals surface area (Å²) in [5.41, 5.74) is 0. The maximum atomic E-state index is 10.7. The molecule has 1 saturated heterocycles. The van der Waals surface area contributed by atoms with Gasteiger partial charge in [0.05, 0.1) is 6.67 Å². The van der Waals surface area contributed by atoms with Gasteiger partial charge < -0.3 is 10.2 Å². The zero-order valence-corrected chi connectivity index (χ0v) is 7.36. The monoisotopic (exact) mass is 173 g/mol. The number of thiocarbonyl (C=S) groups is 1. The highest BCUT2D eigenvalue weighted by molar-refractivity contribution is 7.80. The van der Waals surface area contributed by atoms with Gasteiger partial charge in [0.15, 0.2) is 5.11 Å². The molecule has 0 spiro atoms. The number of rotatable bonds is 1. The summed E-state index contributed by atoms with van der Waals surface area (Å²) in [5, 5.41) is 5.65. The van der Waals surface area contributed by atoms with E-state index >= 15 is 0 Å². The first-order valence-electron chi connectivity index (χ1n) is 3.46. The van der Waals surface area contributed by atoms with E-state index in [0.717, 1.165) is 0 Å². The first-order valence-corrected chi connectivity index (χ1v) is 3.87. The standard InChI is InChI=1S/C6H11N3OS/c1-4(2)9-3-7-5(10)8-6(9)11/h4H,3H2,1-2H3,(H2,7,8,10,11). The average Bonchev–Trinajstić information content (AvgIpc) is 1.85. The predicted octanol–water partition coefficient (Wildman–Crippen LogP) is 0.252. The molecule has 2 N–H and O–H groups in total. The third kappa shape index (κ3) is 1.80. The Labute approximate surface area is 70.9 Å². The summed E-state index contributed by atoms with van der Waals surface area (Å²) < 4.78 is 0. The normalized spacial score (nSPS) is 18.3. The molecule has 11 heavy (non-hydrogen) atoms. The van der Waals surface area contributed by atoms with Crippen LogP contribution in [0.2, 0.25) is 0 Å². The second-order valence-corrected chi connectivity index (χ2v) is 3.04. The maximum absolute atomic E-state index is 10.7. The number of urea groups is 1. The minimum atomic E-state index is -0.216. The molecule has 0 atom stereocenters. The Bertz CT molecular complexity index is 192. The molecule has 0 aromatic rings. The highest BCUT2D eigenvalue weighted by atomic mass is 32.1. The Kier molecular flexibility index (Phi) is 2.28. The fourth-order valence-electron chi connectivity index (χ4n) is 0.859. The second-order valence-electron chi connectivity index (χ2n) is 2.66. The summed E-state index contributed by atoms with van der Waals surface area (Å²) in [6, 6.07) is 0.0995. The number of amides is 2. The third-order valence-corrected chi connectivity index (χ3v) is 1.85. The summed E-state index contributed by atoms with van der Waals surface area (Å²) in [5.74, 6) is 0. The average molecular weight is 173 g/mol. The lowest BCUT2D eigenvalue weighted by molar-refractivity contribution is 0.225. The summed E-state index contributed by atoms with van der Waals surface area (Å²) in [7, 11) is 0. The molecular weight excluding hydrogens is 162 g/mol. The van der Waals surface area contributed by atoms with Crippen molar-refractivity contribution in [1.29, 1.82) is 0 Å². The molecule has 1 rings (SSSR count). The van der Waals surface area contributed by atoms with Gasteiger partial charge in [-0.05, 0) is 26.1 Å². The Morgan fingerprint density at radius 3 is 2.73 bits per heavy atom. The van der Waals surface area contributed by atoms with Gasteiger partial charge in [-0.25, -0.2) is 4.79 Å². The van der Waals surface area contributed by atoms with Gasteiger partial charge in [-0.2, -0.15) is 0 Å². The van der Waals surface area contributed by atoms with E-state index in [2.05, 4.69) is 10.6 Å². The van der Waals surface area contributed by atoms with Gasteiger partial charge in [-0.3, -0.25) is 5.32 Å². The lowest BCUT2D eigenvalue weighted by Gasteiger charge is -2.33. The zero-order valence-electron chi connectivity index (χ0n) is 6.55. The molecule has 4 nitrogen and oxygen atoms in total. The van der Waals surface area contributed by atoms with Crippen molar-refractivity contribution in [1.82, 2.24) is 15.5 Å². The Hall–Kier alpha value is -0.840. The number of hydrogen-bond acceptors (Lipinski definition) is 2. The molecule has 0 unspecified atom stereocenters. The van der Waals surface area contributed by atoms with Gasteiger partial charge in [0, 0.05) is 6.04 Å². The van der Waals surface area contributed by atoms with E-state index in [4.69, 9.17) is 12.2 Å². The SMILES string of the molecule is CC(C)N1CNC(=O)NC1=S. The molecule has 1 aliphatic rings. The molecule has 62 valence electrons. The van der Waals surface area contributed by atoms with Crippen molar-refractivity contribution in [2.75, 3.05) is 6.67 Å². The van der Waals surface area contributed by atoms with E-state index < -0.39 is 0 Å². The Morgan fingerprint density at radius 2 is 2.27 bits per heavy atom. The van der Waals surface area contributed by atoms with Crippen LogP contribution in [0.5, 0.6) is 0 Å². The second kappa shape index (κ2) is 3.04. The zero-order chi connectivity index (χ0) is 8.43. The number of nitrogens with one attached hydrogen (secondary N) is 2. The van der Waals surface area contributed by atoms with Crippen LogP contribution in [0, 0.1) is 0 Å². The first-order chi connectivity index (χ1) is 5.11. The highest BCUT2D eigenvalue weighted by Gasteiger charge is 2.20. The molecule has 0 bridgehead atoms. The lowest BCUT2D eigenvalue weighted by Crippen LogP contribution is -2.59. The minimum Gasteiger partial charge on any atom is -0.329 e. The largest absolute Gasteiger partial charge is 0.329 e. The van der Waals surface area contributed by atoms with Gasteiger partial charge in [0.1, 0.15) is 0 Å². The summed E-state index contributed by atoms with van der Waals surface area (Å²) in [6.07, 6.45) is 0. The molecule has 5 heteroatoms. The molecule has 2 amide bonds. The highest BCUT2D eigenvalue weighted by Crippen LogP contribution is 1.99. The van der Waals surface area contributed by atoms with Crippen molar-refractivity contribution in [3.63, 3.8) is 0 Å². The molecule has 1 heterocycles. The van der Waals surface area contributed by atoms with Crippen molar-refractivity contribution >= 4 is 23.4 Å². The van der Waals surface area contributed by atoms with Crippen molar-refractivity contribution in [3.05, 3.63) is 0 Å². The van der Waals surface area contributed by atoms with Crippen LogP contribution in [0.1, 0.15) is 13.8 Å². The molecule has 0 aromatic carbocycles. The predicted molar refractivity (Wildman–Crippen MR) is 46.1 cm³/mol. The van der Waals surface area contributed by atoms with Crippen molar-refractivity contribution in [3.8, 4) is 0 Å². The van der Waals surface area contributed by atoms with Crippen molar-refractivity contribution in [2.45, 2.75) is 19.9 Å². The van der Waals surface area contributed by atoms with Crippen LogP contribution in [0.4, 0.5) is 4.79 Å². The first kappa shape index (κ1) is 8.26. The van der Waals surface area contributed by atoms with E-state index in [0.29, 0.717) is 17.8 Å². The number of carbonyl (C=O) groups excluding carboxylic acids is 1. The van der Waals surface area contributed by atoms with E-state index in [1.165, 1.54) is 0 Å². The molecule has 0 saturated carbocycles. The van der Waals surface area contributed by atoms with Gasteiger partial charge in [-0.15, -0.1) is 0 Å². The fourth-order valence-corrected chi connectivity index (χ4v) is 1.23. The van der Waals surface area contributed by atoms with E-state index in [1.807, 2.05) is 18.7 Å². The Morgan fingerprint density at radius 1 is 1.64 bits per heavy atom. The topological polar surface area (TPSA) is 44.4 Å².